The van der Waals surface area contributed by atoms with Crippen LogP contribution in [0.3, 0.4) is 0 Å². The van der Waals surface area contributed by atoms with Gasteiger partial charge in [0, 0.05) is 18.7 Å². The van der Waals surface area contributed by atoms with Crippen molar-refractivity contribution in [2.45, 2.75) is 59.8 Å². The van der Waals surface area contributed by atoms with E-state index in [1.165, 1.54) is 12.0 Å². The van der Waals surface area contributed by atoms with Crippen molar-refractivity contribution in [2.75, 3.05) is 20.1 Å². The van der Waals surface area contributed by atoms with E-state index in [1.54, 1.807) is 0 Å². The number of hydrogen-bond donors (Lipinski definition) is 0. The third-order valence-corrected chi connectivity index (χ3v) is 5.38. The third-order valence-electron chi connectivity index (χ3n) is 5.38. The Morgan fingerprint density at radius 2 is 2.16 bits per heavy atom. The molecule has 0 N–H and O–H groups in total. The first kappa shape index (κ1) is 19.8. The zero-order chi connectivity index (χ0) is 18.6. The Labute approximate surface area is 152 Å². The molecule has 0 saturated carbocycles. The molecule has 1 aliphatic carbocycles. The van der Waals surface area contributed by atoms with Crippen molar-refractivity contribution >= 4 is 18.3 Å². The largest absolute Gasteiger partial charge is 0.302 e. The number of likely N-dealkylation sites (N-methyl/N-ethyl adjacent to an activating group) is 1. The predicted molar refractivity (Wildman–Crippen MR) is 106 cm³/mol. The quantitative estimate of drug-likeness (QED) is 0.670. The van der Waals surface area contributed by atoms with Crippen LogP contribution in [0.1, 0.15) is 59.8 Å². The molecule has 0 radical (unpaired) electrons. The minimum atomic E-state index is -0.293. The lowest BCUT2D eigenvalue weighted by molar-refractivity contribution is -0.114. The number of hydrogen-bond acceptors (Lipinski definition) is 3. The van der Waals surface area contributed by atoms with Gasteiger partial charge in [0.15, 0.2) is 0 Å². The first-order valence-electron chi connectivity index (χ1n) is 9.44. The number of aliphatic imine (C=N–C) groups is 2. The van der Waals surface area contributed by atoms with E-state index in [0.29, 0.717) is 11.1 Å². The van der Waals surface area contributed by atoms with Crippen LogP contribution >= 0.6 is 0 Å². The van der Waals surface area contributed by atoms with Gasteiger partial charge in [-0.05, 0) is 68.5 Å². The van der Waals surface area contributed by atoms with E-state index in [-0.39, 0.29) is 5.91 Å². The van der Waals surface area contributed by atoms with Crippen LogP contribution in [0.4, 0.5) is 0 Å². The van der Waals surface area contributed by atoms with Gasteiger partial charge < -0.3 is 4.90 Å². The standard InChI is InChI=1S/C21H33N3O/c1-7-12-24(6)14-16-13-18(23-19(16)20(25)22-5)15-8-10-17(11-9-15)21(2,3)4/h8,17H,5,7,9-14H2,1-4,6H3. The Morgan fingerprint density at radius 3 is 2.68 bits per heavy atom. The maximum Gasteiger partial charge on any atom is 0.294 e. The summed E-state index contributed by atoms with van der Waals surface area (Å²) >= 11 is 0. The van der Waals surface area contributed by atoms with Gasteiger partial charge in [-0.3, -0.25) is 4.79 Å². The molecule has 0 aromatic carbocycles. The van der Waals surface area contributed by atoms with Gasteiger partial charge in [-0.1, -0.05) is 33.8 Å². The Balaban J connectivity index is 2.14. The highest BCUT2D eigenvalue weighted by molar-refractivity contribution is 6.10. The van der Waals surface area contributed by atoms with Crippen molar-refractivity contribution in [3.63, 3.8) is 0 Å². The van der Waals surface area contributed by atoms with Gasteiger partial charge >= 0.3 is 0 Å². The molecule has 1 heterocycles. The zero-order valence-electron chi connectivity index (χ0n) is 16.6. The number of nitrogens with zero attached hydrogens (tertiary/aromatic N) is 3. The molecule has 0 saturated heterocycles. The number of carbonyl (C=O) groups is 1. The van der Waals surface area contributed by atoms with Gasteiger partial charge in [0.25, 0.3) is 5.91 Å². The number of amides is 1. The van der Waals surface area contributed by atoms with Gasteiger partial charge in [0.2, 0.25) is 0 Å². The van der Waals surface area contributed by atoms with Crippen LogP contribution in [0, 0.1) is 11.3 Å². The van der Waals surface area contributed by atoms with Crippen molar-refractivity contribution in [1.82, 2.24) is 4.90 Å². The average molecular weight is 344 g/mol. The minimum Gasteiger partial charge on any atom is -0.302 e. The Morgan fingerprint density at radius 1 is 1.44 bits per heavy atom. The zero-order valence-corrected chi connectivity index (χ0v) is 16.6. The average Bonchev–Trinajstić information content (AvgIpc) is 2.97. The normalized spacial score (nSPS) is 21.4. The van der Waals surface area contributed by atoms with Crippen LogP contribution in [0.2, 0.25) is 0 Å². The monoisotopic (exact) mass is 343 g/mol. The molecule has 1 amide bonds. The van der Waals surface area contributed by atoms with Crippen LogP contribution in [0.5, 0.6) is 0 Å². The van der Waals surface area contributed by atoms with Gasteiger partial charge in [-0.2, -0.15) is 0 Å². The maximum absolute atomic E-state index is 12.1. The van der Waals surface area contributed by atoms with Gasteiger partial charge in [0.1, 0.15) is 5.70 Å². The van der Waals surface area contributed by atoms with Crippen LogP contribution in [0.15, 0.2) is 32.9 Å². The van der Waals surface area contributed by atoms with Crippen molar-refractivity contribution in [3.05, 3.63) is 22.9 Å². The Bertz CT molecular complexity index is 620. The SMILES string of the molecule is C=NC(=O)C1=C(CN(C)CCC)CC(C2=CCC(C(C)(C)C)CC2)=N1. The van der Waals surface area contributed by atoms with E-state index in [4.69, 9.17) is 0 Å². The fourth-order valence-corrected chi connectivity index (χ4v) is 3.80. The maximum atomic E-state index is 12.1. The highest BCUT2D eigenvalue weighted by Gasteiger charge is 2.30. The molecule has 2 aliphatic rings. The fraction of sp³-hybridized carbons (Fsp3) is 0.667. The van der Waals surface area contributed by atoms with Crippen molar-refractivity contribution in [2.24, 2.45) is 21.3 Å². The van der Waals surface area contributed by atoms with Gasteiger partial charge in [-0.15, -0.1) is 0 Å². The fourth-order valence-electron chi connectivity index (χ4n) is 3.80. The number of carbonyl (C=O) groups excluding carboxylic acids is 1. The van der Waals surface area contributed by atoms with E-state index in [0.717, 1.165) is 56.0 Å². The molecule has 1 aliphatic heterocycles. The molecule has 2 rings (SSSR count). The summed E-state index contributed by atoms with van der Waals surface area (Å²) in [5.41, 5.74) is 4.34. The highest BCUT2D eigenvalue weighted by Crippen LogP contribution is 2.38. The summed E-state index contributed by atoms with van der Waals surface area (Å²) in [5.74, 6) is 0.427. The Hall–Kier alpha value is -1.55. The van der Waals surface area contributed by atoms with E-state index in [9.17, 15) is 4.79 Å². The van der Waals surface area contributed by atoms with Crippen LogP contribution in [-0.2, 0) is 4.79 Å². The molecule has 0 aromatic heterocycles. The first-order valence-corrected chi connectivity index (χ1v) is 9.44. The molecular weight excluding hydrogens is 310 g/mol. The molecule has 25 heavy (non-hydrogen) atoms. The minimum absolute atomic E-state index is 0.293. The van der Waals surface area contributed by atoms with Gasteiger partial charge in [-0.25, -0.2) is 9.98 Å². The lowest BCUT2D eigenvalue weighted by Gasteiger charge is -2.33. The molecular formula is C21H33N3O. The van der Waals surface area contributed by atoms with E-state index < -0.39 is 0 Å². The van der Waals surface area contributed by atoms with Gasteiger partial charge in [0.05, 0.1) is 0 Å². The smallest absolute Gasteiger partial charge is 0.294 e. The first-order chi connectivity index (χ1) is 11.8. The summed E-state index contributed by atoms with van der Waals surface area (Å²) in [5, 5.41) is 0. The second kappa shape index (κ2) is 8.22. The van der Waals surface area contributed by atoms with Crippen molar-refractivity contribution < 1.29 is 4.79 Å². The molecule has 4 heteroatoms. The summed E-state index contributed by atoms with van der Waals surface area (Å²) in [4.78, 5) is 22.7. The molecule has 0 fully saturated rings. The second-order valence-corrected chi connectivity index (χ2v) is 8.46. The molecule has 0 spiro atoms. The summed E-state index contributed by atoms with van der Waals surface area (Å²) in [6.07, 6.45) is 7.58. The number of allylic oxidation sites excluding steroid dienone is 2. The Kier molecular flexibility index (Phi) is 6.50. The summed E-state index contributed by atoms with van der Waals surface area (Å²) < 4.78 is 0. The molecule has 1 unspecified atom stereocenters. The third kappa shape index (κ3) is 4.97. The summed E-state index contributed by atoms with van der Waals surface area (Å²) in [6, 6.07) is 0. The molecule has 0 bridgehead atoms. The number of rotatable bonds is 6. The molecule has 4 nitrogen and oxygen atoms in total. The predicted octanol–water partition coefficient (Wildman–Crippen LogP) is 4.43. The van der Waals surface area contributed by atoms with Crippen LogP contribution in [0.25, 0.3) is 0 Å². The van der Waals surface area contributed by atoms with Crippen LogP contribution < -0.4 is 0 Å². The topological polar surface area (TPSA) is 45.0 Å². The van der Waals surface area contributed by atoms with Crippen LogP contribution in [-0.4, -0.2) is 43.4 Å². The molecule has 138 valence electrons. The molecule has 0 aromatic rings. The van der Waals surface area contributed by atoms with E-state index in [1.807, 2.05) is 0 Å². The summed E-state index contributed by atoms with van der Waals surface area (Å²) in [7, 11) is 2.09. The second-order valence-electron chi connectivity index (χ2n) is 8.46. The lowest BCUT2D eigenvalue weighted by atomic mass is 9.72. The highest BCUT2D eigenvalue weighted by atomic mass is 16.1. The summed E-state index contributed by atoms with van der Waals surface area (Å²) in [6.45, 7) is 14.3. The van der Waals surface area contributed by atoms with Crippen molar-refractivity contribution in [1.29, 1.82) is 0 Å². The van der Waals surface area contributed by atoms with E-state index in [2.05, 4.69) is 62.4 Å². The van der Waals surface area contributed by atoms with Crippen molar-refractivity contribution in [3.8, 4) is 0 Å². The lowest BCUT2D eigenvalue weighted by Crippen LogP contribution is -2.24. The van der Waals surface area contributed by atoms with E-state index >= 15 is 0 Å². The molecule has 1 atom stereocenters.